The summed E-state index contributed by atoms with van der Waals surface area (Å²) in [6.45, 7) is 27.3. The van der Waals surface area contributed by atoms with Gasteiger partial charge in [0.25, 0.3) is 0 Å². The van der Waals surface area contributed by atoms with Gasteiger partial charge in [0.15, 0.2) is 0 Å². The van der Waals surface area contributed by atoms with E-state index in [-0.39, 0.29) is 0 Å². The monoisotopic (exact) mass is 346 g/mol. The second-order valence-corrected chi connectivity index (χ2v) is 8.48. The van der Waals surface area contributed by atoms with E-state index < -0.39 is 0 Å². The van der Waals surface area contributed by atoms with Gasteiger partial charge in [0.1, 0.15) is 0 Å². The third-order valence-electron chi connectivity index (χ3n) is 4.02. The van der Waals surface area contributed by atoms with Gasteiger partial charge in [0.05, 0.1) is 0 Å². The van der Waals surface area contributed by atoms with Crippen molar-refractivity contribution in [2.24, 2.45) is 0 Å². The van der Waals surface area contributed by atoms with Gasteiger partial charge in [0.2, 0.25) is 0 Å². The molecule has 2 nitrogen and oxygen atoms in total. The molecule has 0 bridgehead atoms. The molecular weight excluding hydrogens is 304 g/mol. The van der Waals surface area contributed by atoms with Crippen molar-refractivity contribution in [3.05, 3.63) is 45.3 Å². The van der Waals surface area contributed by atoms with Crippen LogP contribution >= 0.6 is 0 Å². The van der Waals surface area contributed by atoms with Gasteiger partial charge in [-0.1, -0.05) is 22.3 Å². The van der Waals surface area contributed by atoms with Crippen LogP contribution < -0.4 is 5.32 Å². The van der Waals surface area contributed by atoms with Gasteiger partial charge in [-0.2, -0.15) is 0 Å². The fourth-order valence-corrected chi connectivity index (χ4v) is 2.76. The number of hydrogen-bond donors (Lipinski definition) is 1. The molecule has 0 spiro atoms. The summed E-state index contributed by atoms with van der Waals surface area (Å²) in [5.74, 6) is 0. The Morgan fingerprint density at radius 1 is 0.880 bits per heavy atom. The molecule has 0 unspecified atom stereocenters. The lowest BCUT2D eigenvalue weighted by Crippen LogP contribution is -2.43. The molecule has 0 aromatic rings. The predicted molar refractivity (Wildman–Crippen MR) is 115 cm³/mol. The van der Waals surface area contributed by atoms with Gasteiger partial charge in [0, 0.05) is 30.0 Å². The van der Waals surface area contributed by atoms with Crippen LogP contribution in [-0.2, 0) is 0 Å². The minimum atomic E-state index is 0.505. The van der Waals surface area contributed by atoms with E-state index in [0.717, 1.165) is 6.54 Å². The van der Waals surface area contributed by atoms with Gasteiger partial charge >= 0.3 is 0 Å². The molecule has 1 saturated heterocycles. The summed E-state index contributed by atoms with van der Waals surface area (Å²) < 4.78 is 0. The van der Waals surface area contributed by atoms with Crippen molar-refractivity contribution in [1.82, 2.24) is 10.2 Å². The fraction of sp³-hybridized carbons (Fsp3) is 0.652. The summed E-state index contributed by atoms with van der Waals surface area (Å²) in [5, 5.41) is 3.41. The zero-order chi connectivity index (χ0) is 19.9. The Kier molecular flexibility index (Phi) is 9.92. The molecule has 1 N–H and O–H groups in total. The van der Waals surface area contributed by atoms with Crippen LogP contribution in [-0.4, -0.2) is 23.5 Å². The van der Waals surface area contributed by atoms with Gasteiger partial charge in [-0.3, -0.25) is 0 Å². The van der Waals surface area contributed by atoms with Crippen LogP contribution in [0.5, 0.6) is 0 Å². The van der Waals surface area contributed by atoms with Crippen molar-refractivity contribution < 1.29 is 0 Å². The molecular formula is C23H42N2. The topological polar surface area (TPSA) is 15.3 Å². The molecule has 0 atom stereocenters. The molecule has 1 aliphatic rings. The van der Waals surface area contributed by atoms with Crippen molar-refractivity contribution in [3.8, 4) is 0 Å². The van der Waals surface area contributed by atoms with Gasteiger partial charge < -0.3 is 10.2 Å². The maximum absolute atomic E-state index is 3.41. The van der Waals surface area contributed by atoms with Crippen LogP contribution in [0.25, 0.3) is 0 Å². The Hall–Kier alpha value is -1.44. The summed E-state index contributed by atoms with van der Waals surface area (Å²) in [6.07, 6.45) is 2.19. The quantitative estimate of drug-likeness (QED) is 0.578. The first-order valence-electron chi connectivity index (χ1n) is 9.58. The minimum absolute atomic E-state index is 0.505. The average molecular weight is 347 g/mol. The molecule has 0 radical (unpaired) electrons. The second kappa shape index (κ2) is 10.5. The standard InChI is InChI=1S/C12H21N.C11H21N/c1-8(2)11-7-13(10(5)6)12(11)9(3)4;1-8(2)7-11(9(3)4)12-10(5)6/h10H,7H2,1-6H3;7,10,12H,1-6H3. The first kappa shape index (κ1) is 23.6. The molecule has 2 heteroatoms. The first-order valence-corrected chi connectivity index (χ1v) is 9.58. The normalized spacial score (nSPS) is 13.1. The van der Waals surface area contributed by atoms with Crippen LogP contribution in [0.2, 0.25) is 0 Å². The van der Waals surface area contributed by atoms with Crippen molar-refractivity contribution >= 4 is 0 Å². The van der Waals surface area contributed by atoms with Crippen LogP contribution in [0.3, 0.4) is 0 Å². The number of nitrogens with one attached hydrogen (secondary N) is 1. The van der Waals surface area contributed by atoms with E-state index in [0.29, 0.717) is 12.1 Å². The number of rotatable bonds is 4. The van der Waals surface area contributed by atoms with Gasteiger partial charge in [-0.25, -0.2) is 0 Å². The average Bonchev–Trinajstić information content (AvgIpc) is 2.34. The lowest BCUT2D eigenvalue weighted by atomic mass is 9.92. The summed E-state index contributed by atoms with van der Waals surface area (Å²) in [5.41, 5.74) is 9.86. The zero-order valence-corrected chi connectivity index (χ0v) is 18.9. The van der Waals surface area contributed by atoms with E-state index in [1.807, 2.05) is 0 Å². The van der Waals surface area contributed by atoms with E-state index in [1.54, 1.807) is 5.57 Å². The highest BCUT2D eigenvalue weighted by molar-refractivity contribution is 5.45. The Bertz CT molecular complexity index is 553. The lowest BCUT2D eigenvalue weighted by Gasteiger charge is -2.44. The highest BCUT2D eigenvalue weighted by Crippen LogP contribution is 2.34. The number of allylic oxidation sites excluding steroid dienone is 5. The van der Waals surface area contributed by atoms with Crippen LogP contribution in [0.4, 0.5) is 0 Å². The maximum Gasteiger partial charge on any atom is 0.0452 e. The first-order chi connectivity index (χ1) is 11.4. The lowest BCUT2D eigenvalue weighted by molar-refractivity contribution is 0.254. The highest BCUT2D eigenvalue weighted by atomic mass is 15.2. The second-order valence-electron chi connectivity index (χ2n) is 8.48. The van der Waals surface area contributed by atoms with Crippen LogP contribution in [0.1, 0.15) is 83.1 Å². The zero-order valence-electron chi connectivity index (χ0n) is 18.9. The highest BCUT2D eigenvalue weighted by Gasteiger charge is 2.29. The molecule has 25 heavy (non-hydrogen) atoms. The smallest absolute Gasteiger partial charge is 0.0452 e. The van der Waals surface area contributed by atoms with Crippen molar-refractivity contribution in [3.63, 3.8) is 0 Å². The molecule has 1 aliphatic heterocycles. The number of hydrogen-bond acceptors (Lipinski definition) is 2. The van der Waals surface area contributed by atoms with Crippen molar-refractivity contribution in [1.29, 1.82) is 0 Å². The molecule has 1 heterocycles. The van der Waals surface area contributed by atoms with Crippen LogP contribution in [0, 0.1) is 0 Å². The number of likely N-dealkylation sites (tertiary alicyclic amines) is 1. The summed E-state index contributed by atoms with van der Waals surface area (Å²) in [6, 6.07) is 1.14. The minimum Gasteiger partial charge on any atom is -0.383 e. The van der Waals surface area contributed by atoms with E-state index in [1.165, 1.54) is 33.7 Å². The van der Waals surface area contributed by atoms with E-state index in [4.69, 9.17) is 0 Å². The maximum atomic E-state index is 3.41. The largest absolute Gasteiger partial charge is 0.383 e. The Balaban J connectivity index is 0.000000463. The van der Waals surface area contributed by atoms with Crippen LogP contribution in [0.15, 0.2) is 45.3 Å². The summed E-state index contributed by atoms with van der Waals surface area (Å²) in [7, 11) is 0. The third kappa shape index (κ3) is 7.98. The van der Waals surface area contributed by atoms with E-state index in [2.05, 4.69) is 99.4 Å². The third-order valence-corrected chi connectivity index (χ3v) is 4.02. The van der Waals surface area contributed by atoms with Crippen molar-refractivity contribution in [2.45, 2.75) is 95.2 Å². The van der Waals surface area contributed by atoms with Gasteiger partial charge in [-0.05, 0) is 94.7 Å². The fourth-order valence-electron chi connectivity index (χ4n) is 2.76. The van der Waals surface area contributed by atoms with E-state index in [9.17, 15) is 0 Å². The molecule has 1 fully saturated rings. The van der Waals surface area contributed by atoms with E-state index >= 15 is 0 Å². The Labute approximate surface area is 157 Å². The molecule has 0 aliphatic carbocycles. The SMILES string of the molecule is CC(C)=C1CN(C(C)C)C1=C(C)C.CC(C)=CC(NC(C)C)=C(C)C. The molecule has 0 aromatic heterocycles. The molecule has 144 valence electrons. The molecule has 0 amide bonds. The number of nitrogens with zero attached hydrogens (tertiary/aromatic N) is 1. The molecule has 0 saturated carbocycles. The summed E-state index contributed by atoms with van der Waals surface area (Å²) >= 11 is 0. The Morgan fingerprint density at radius 3 is 1.68 bits per heavy atom. The Morgan fingerprint density at radius 2 is 1.40 bits per heavy atom. The predicted octanol–water partition coefficient (Wildman–Crippen LogP) is 6.59. The summed E-state index contributed by atoms with van der Waals surface area (Å²) in [4.78, 5) is 2.47. The molecule has 1 rings (SSSR count). The van der Waals surface area contributed by atoms with Gasteiger partial charge in [-0.15, -0.1) is 0 Å². The van der Waals surface area contributed by atoms with Crippen molar-refractivity contribution in [2.75, 3.05) is 6.54 Å². The molecule has 0 aromatic carbocycles.